The minimum atomic E-state index is -0.310. The van der Waals surface area contributed by atoms with E-state index >= 15 is 0 Å². The molecule has 1 rings (SSSR count). The first kappa shape index (κ1) is 17.4. The Balaban J connectivity index is 2.20. The molecule has 0 atom stereocenters. The summed E-state index contributed by atoms with van der Waals surface area (Å²) in [6, 6.07) is 4.45. The van der Waals surface area contributed by atoms with Crippen molar-refractivity contribution in [3.05, 3.63) is 34.6 Å². The number of ether oxygens (including phenoxy) is 2. The maximum atomic E-state index is 12.9. The van der Waals surface area contributed by atoms with Gasteiger partial charge in [0.25, 0.3) is 0 Å². The predicted octanol–water partition coefficient (Wildman–Crippen LogP) is 3.75. The summed E-state index contributed by atoms with van der Waals surface area (Å²) in [4.78, 5) is 0. The van der Waals surface area contributed by atoms with Gasteiger partial charge in [-0.2, -0.15) is 0 Å². The summed E-state index contributed by atoms with van der Waals surface area (Å²) < 4.78 is 23.8. The molecule has 0 fully saturated rings. The van der Waals surface area contributed by atoms with Gasteiger partial charge in [0.05, 0.1) is 0 Å². The van der Waals surface area contributed by atoms with Crippen LogP contribution in [-0.4, -0.2) is 26.0 Å². The molecule has 1 aromatic rings. The number of nitrogens with one attached hydrogen (secondary N) is 1. The fourth-order valence-corrected chi connectivity index (χ4v) is 2.10. The summed E-state index contributed by atoms with van der Waals surface area (Å²) in [5, 5.41) is 3.74. The predicted molar refractivity (Wildman–Crippen MR) is 79.4 cm³/mol. The van der Waals surface area contributed by atoms with Crippen LogP contribution in [0.3, 0.4) is 0 Å². The first-order valence-corrected chi connectivity index (χ1v) is 7.43. The summed E-state index contributed by atoms with van der Waals surface area (Å²) in [7, 11) is 0. The molecule has 0 heterocycles. The third-order valence-electron chi connectivity index (χ3n) is 2.83. The van der Waals surface area contributed by atoms with Crippen molar-refractivity contribution in [3.8, 4) is 0 Å². The van der Waals surface area contributed by atoms with E-state index in [4.69, 9.17) is 21.1 Å². The second-order valence-corrected chi connectivity index (χ2v) is 4.80. The lowest BCUT2D eigenvalue weighted by molar-refractivity contribution is -0.139. The van der Waals surface area contributed by atoms with Gasteiger partial charge in [-0.1, -0.05) is 17.7 Å². The van der Waals surface area contributed by atoms with E-state index in [1.807, 2.05) is 13.8 Å². The molecule has 1 N–H and O–H groups in total. The minimum absolute atomic E-state index is 0.124. The largest absolute Gasteiger partial charge is 0.353 e. The Labute approximate surface area is 125 Å². The van der Waals surface area contributed by atoms with Gasteiger partial charge in [-0.3, -0.25) is 0 Å². The lowest BCUT2D eigenvalue weighted by Gasteiger charge is -2.16. The van der Waals surface area contributed by atoms with Gasteiger partial charge < -0.3 is 14.8 Å². The minimum Gasteiger partial charge on any atom is -0.353 e. The average molecular weight is 304 g/mol. The Morgan fingerprint density at radius 1 is 1.25 bits per heavy atom. The Hall–Kier alpha value is -0.680. The van der Waals surface area contributed by atoms with Crippen molar-refractivity contribution in [1.82, 2.24) is 5.32 Å². The average Bonchev–Trinajstić information content (AvgIpc) is 2.41. The fraction of sp³-hybridized carbons (Fsp3) is 0.600. The summed E-state index contributed by atoms with van der Waals surface area (Å²) in [5.74, 6) is -0.310. The summed E-state index contributed by atoms with van der Waals surface area (Å²) in [6.07, 6.45) is 1.68. The van der Waals surface area contributed by atoms with Gasteiger partial charge >= 0.3 is 0 Å². The highest BCUT2D eigenvalue weighted by molar-refractivity contribution is 6.31. The number of hydrogen-bond acceptors (Lipinski definition) is 3. The monoisotopic (exact) mass is 303 g/mol. The molecule has 20 heavy (non-hydrogen) atoms. The molecule has 0 aromatic heterocycles. The maximum absolute atomic E-state index is 12.9. The fourth-order valence-electron chi connectivity index (χ4n) is 1.87. The molecule has 3 nitrogen and oxygen atoms in total. The number of hydrogen-bond donors (Lipinski definition) is 1. The second-order valence-electron chi connectivity index (χ2n) is 4.39. The van der Waals surface area contributed by atoms with Crippen molar-refractivity contribution < 1.29 is 13.9 Å². The molecule has 1 aromatic carbocycles. The molecule has 0 saturated carbocycles. The molecule has 0 unspecified atom stereocenters. The molecule has 0 spiro atoms. The van der Waals surface area contributed by atoms with E-state index in [-0.39, 0.29) is 12.1 Å². The number of benzene rings is 1. The SMILES string of the molecule is CCOC(CCCNCc1ccc(F)cc1Cl)OCC. The molecule has 0 amide bonds. The van der Waals surface area contributed by atoms with Gasteiger partial charge in [0, 0.05) is 24.8 Å². The molecule has 0 aliphatic carbocycles. The molecule has 0 aliphatic rings. The number of halogens is 2. The standard InChI is InChI=1S/C15H23ClFNO2/c1-3-19-15(20-4-2)6-5-9-18-11-12-7-8-13(17)10-14(12)16/h7-8,10,15,18H,3-6,9,11H2,1-2H3. The van der Waals surface area contributed by atoms with Crippen LogP contribution < -0.4 is 5.32 Å². The van der Waals surface area contributed by atoms with Gasteiger partial charge in [0.1, 0.15) is 5.82 Å². The van der Waals surface area contributed by atoms with Gasteiger partial charge in [0.15, 0.2) is 6.29 Å². The Morgan fingerprint density at radius 2 is 1.95 bits per heavy atom. The van der Waals surface area contributed by atoms with Gasteiger partial charge in [-0.15, -0.1) is 0 Å². The normalized spacial score (nSPS) is 11.2. The second kappa shape index (κ2) is 10.1. The molecule has 0 radical (unpaired) electrons. The molecule has 0 saturated heterocycles. The van der Waals surface area contributed by atoms with E-state index in [1.54, 1.807) is 6.07 Å². The van der Waals surface area contributed by atoms with E-state index in [1.165, 1.54) is 12.1 Å². The molecular formula is C15H23ClFNO2. The van der Waals surface area contributed by atoms with Crippen LogP contribution in [-0.2, 0) is 16.0 Å². The van der Waals surface area contributed by atoms with Crippen LogP contribution in [0, 0.1) is 5.82 Å². The van der Waals surface area contributed by atoms with Crippen LogP contribution in [0.5, 0.6) is 0 Å². The zero-order valence-corrected chi connectivity index (χ0v) is 12.9. The van der Waals surface area contributed by atoms with Crippen molar-refractivity contribution in [1.29, 1.82) is 0 Å². The first-order chi connectivity index (χ1) is 9.67. The Bertz CT molecular complexity index is 384. The van der Waals surface area contributed by atoms with Gasteiger partial charge in [0.2, 0.25) is 0 Å². The van der Waals surface area contributed by atoms with Crippen LogP contribution >= 0.6 is 11.6 Å². The molecular weight excluding hydrogens is 281 g/mol. The zero-order valence-electron chi connectivity index (χ0n) is 12.1. The Kier molecular flexibility index (Phi) is 8.78. The molecule has 114 valence electrons. The van der Waals surface area contributed by atoms with E-state index in [0.29, 0.717) is 24.8 Å². The number of rotatable bonds is 10. The van der Waals surface area contributed by atoms with Gasteiger partial charge in [-0.25, -0.2) is 4.39 Å². The third kappa shape index (κ3) is 6.66. The zero-order chi connectivity index (χ0) is 14.8. The van der Waals surface area contributed by atoms with Crippen LogP contribution in [0.2, 0.25) is 5.02 Å². The van der Waals surface area contributed by atoms with Crippen LogP contribution in [0.25, 0.3) is 0 Å². The third-order valence-corrected chi connectivity index (χ3v) is 3.18. The van der Waals surface area contributed by atoms with E-state index < -0.39 is 0 Å². The van der Waals surface area contributed by atoms with Gasteiger partial charge in [-0.05, 0) is 50.9 Å². The van der Waals surface area contributed by atoms with Crippen molar-refractivity contribution >= 4 is 11.6 Å². The van der Waals surface area contributed by atoms with Crippen molar-refractivity contribution in [2.45, 2.75) is 39.5 Å². The molecule has 5 heteroatoms. The van der Waals surface area contributed by atoms with Crippen LogP contribution in [0.1, 0.15) is 32.3 Å². The highest BCUT2D eigenvalue weighted by Gasteiger charge is 2.07. The van der Waals surface area contributed by atoms with E-state index in [9.17, 15) is 4.39 Å². The smallest absolute Gasteiger partial charge is 0.157 e. The van der Waals surface area contributed by atoms with Crippen LogP contribution in [0.15, 0.2) is 18.2 Å². The first-order valence-electron chi connectivity index (χ1n) is 7.05. The lowest BCUT2D eigenvalue weighted by Crippen LogP contribution is -2.21. The summed E-state index contributed by atoms with van der Waals surface area (Å²) in [5.41, 5.74) is 0.902. The maximum Gasteiger partial charge on any atom is 0.157 e. The molecule has 0 bridgehead atoms. The molecule has 0 aliphatic heterocycles. The Morgan fingerprint density at radius 3 is 2.55 bits per heavy atom. The van der Waals surface area contributed by atoms with E-state index in [0.717, 1.165) is 24.9 Å². The van der Waals surface area contributed by atoms with Crippen molar-refractivity contribution in [3.63, 3.8) is 0 Å². The lowest BCUT2D eigenvalue weighted by atomic mass is 10.2. The van der Waals surface area contributed by atoms with Crippen molar-refractivity contribution in [2.24, 2.45) is 0 Å². The summed E-state index contributed by atoms with van der Waals surface area (Å²) >= 11 is 5.96. The van der Waals surface area contributed by atoms with Crippen LogP contribution in [0.4, 0.5) is 4.39 Å². The quantitative estimate of drug-likeness (QED) is 0.527. The highest BCUT2D eigenvalue weighted by atomic mass is 35.5. The summed E-state index contributed by atoms with van der Waals surface area (Å²) in [6.45, 7) is 6.70. The topological polar surface area (TPSA) is 30.5 Å². The van der Waals surface area contributed by atoms with E-state index in [2.05, 4.69) is 5.32 Å². The van der Waals surface area contributed by atoms with Crippen molar-refractivity contribution in [2.75, 3.05) is 19.8 Å². The highest BCUT2D eigenvalue weighted by Crippen LogP contribution is 2.16.